The number of anilines is 1. The molecule has 0 radical (unpaired) electrons. The van der Waals surface area contributed by atoms with E-state index >= 15 is 0 Å². The summed E-state index contributed by atoms with van der Waals surface area (Å²) in [5.74, 6) is 1.63. The molecule has 4 rings (SSSR count). The number of rotatable bonds is 6. The minimum atomic E-state index is 0.791. The lowest BCUT2D eigenvalue weighted by molar-refractivity contribution is 0.405. The number of methoxy groups -OCH3 is 1. The summed E-state index contributed by atoms with van der Waals surface area (Å²) in [5, 5.41) is 5.59. The summed E-state index contributed by atoms with van der Waals surface area (Å²) < 4.78 is 5.35. The zero-order valence-corrected chi connectivity index (χ0v) is 16.8. The fourth-order valence-electron chi connectivity index (χ4n) is 3.41. The van der Waals surface area contributed by atoms with Gasteiger partial charge in [-0.05, 0) is 69.2 Å². The highest BCUT2D eigenvalue weighted by Crippen LogP contribution is 2.30. The lowest BCUT2D eigenvalue weighted by Gasteiger charge is -2.13. The Morgan fingerprint density at radius 3 is 2.68 bits per heavy atom. The molecule has 6 nitrogen and oxygen atoms in total. The number of aromatic nitrogens is 3. The van der Waals surface area contributed by atoms with Gasteiger partial charge in [0.05, 0.1) is 23.7 Å². The van der Waals surface area contributed by atoms with Gasteiger partial charge < -0.3 is 15.0 Å². The largest absolute Gasteiger partial charge is 0.497 e. The van der Waals surface area contributed by atoms with Gasteiger partial charge in [0, 0.05) is 18.1 Å². The average molecular weight is 375 g/mol. The van der Waals surface area contributed by atoms with Crippen LogP contribution in [0.15, 0.2) is 36.5 Å². The lowest BCUT2D eigenvalue weighted by atomic mass is 10.1. The molecule has 28 heavy (non-hydrogen) atoms. The van der Waals surface area contributed by atoms with Gasteiger partial charge in [0.1, 0.15) is 11.3 Å². The molecule has 1 N–H and O–H groups in total. The molecule has 0 fully saturated rings. The van der Waals surface area contributed by atoms with Crippen LogP contribution in [0, 0.1) is 6.92 Å². The zero-order valence-electron chi connectivity index (χ0n) is 16.8. The van der Waals surface area contributed by atoms with Crippen LogP contribution in [0.4, 0.5) is 5.82 Å². The molecule has 144 valence electrons. The predicted octanol–water partition coefficient (Wildman–Crippen LogP) is 4.01. The highest BCUT2D eigenvalue weighted by atomic mass is 16.5. The van der Waals surface area contributed by atoms with E-state index in [0.717, 1.165) is 69.5 Å². The van der Waals surface area contributed by atoms with Gasteiger partial charge in [0.25, 0.3) is 0 Å². The number of fused-ring (bicyclic) bond motifs is 4. The first-order valence-electron chi connectivity index (χ1n) is 9.49. The zero-order chi connectivity index (χ0) is 19.7. The molecule has 0 spiro atoms. The van der Waals surface area contributed by atoms with Gasteiger partial charge in [-0.1, -0.05) is 6.07 Å². The lowest BCUT2D eigenvalue weighted by Crippen LogP contribution is -2.16. The first-order valence-corrected chi connectivity index (χ1v) is 9.49. The molecular formula is C22H25N5O. The van der Waals surface area contributed by atoms with Crippen molar-refractivity contribution >= 4 is 38.7 Å². The molecule has 0 aliphatic heterocycles. The summed E-state index contributed by atoms with van der Waals surface area (Å²) in [6.45, 7) is 3.89. The highest BCUT2D eigenvalue weighted by molar-refractivity contribution is 6.07. The van der Waals surface area contributed by atoms with E-state index in [2.05, 4.69) is 35.4 Å². The standard InChI is InChI=1S/C22H25N5O/c1-14-13-24-22(23-10-5-11-27(2)3)21-19(14)25-18-9-6-15-12-16(28-4)7-8-17(15)20(18)26-21/h6-9,12-13H,5,10-11H2,1-4H3,(H,23,24). The van der Waals surface area contributed by atoms with Crippen LogP contribution in [0.2, 0.25) is 0 Å². The molecule has 0 unspecified atom stereocenters. The predicted molar refractivity (Wildman–Crippen MR) is 115 cm³/mol. The van der Waals surface area contributed by atoms with Gasteiger partial charge in [-0.3, -0.25) is 0 Å². The van der Waals surface area contributed by atoms with Crippen molar-refractivity contribution in [3.8, 4) is 5.75 Å². The summed E-state index contributed by atoms with van der Waals surface area (Å²) in [6, 6.07) is 10.1. The molecule has 0 aliphatic carbocycles. The summed E-state index contributed by atoms with van der Waals surface area (Å²) in [7, 11) is 5.84. The Bertz CT molecular complexity index is 1160. The smallest absolute Gasteiger partial charge is 0.154 e. The minimum absolute atomic E-state index is 0.791. The summed E-state index contributed by atoms with van der Waals surface area (Å²) in [6.07, 6.45) is 2.90. The normalized spacial score (nSPS) is 11.6. The van der Waals surface area contributed by atoms with Crippen LogP contribution in [-0.4, -0.2) is 54.1 Å². The number of aryl methyl sites for hydroxylation is 1. The number of hydrogen-bond donors (Lipinski definition) is 1. The van der Waals surface area contributed by atoms with E-state index in [0.29, 0.717) is 0 Å². The van der Waals surface area contributed by atoms with Crippen molar-refractivity contribution in [2.45, 2.75) is 13.3 Å². The van der Waals surface area contributed by atoms with Crippen molar-refractivity contribution in [2.75, 3.05) is 39.6 Å². The van der Waals surface area contributed by atoms with Crippen LogP contribution in [0.3, 0.4) is 0 Å². The summed E-state index contributed by atoms with van der Waals surface area (Å²) in [5.41, 5.74) is 4.51. The SMILES string of the molecule is COc1ccc2c(ccc3nc4c(C)cnc(NCCCN(C)C)c4nc32)c1. The van der Waals surface area contributed by atoms with Crippen molar-refractivity contribution in [3.63, 3.8) is 0 Å². The summed E-state index contributed by atoms with van der Waals surface area (Å²) >= 11 is 0. The van der Waals surface area contributed by atoms with Crippen molar-refractivity contribution in [2.24, 2.45) is 0 Å². The van der Waals surface area contributed by atoms with Crippen molar-refractivity contribution in [1.29, 1.82) is 0 Å². The monoisotopic (exact) mass is 375 g/mol. The number of pyridine rings is 1. The fraction of sp³-hybridized carbons (Fsp3) is 0.318. The Balaban J connectivity index is 1.83. The van der Waals surface area contributed by atoms with E-state index in [1.807, 2.05) is 37.4 Å². The Morgan fingerprint density at radius 1 is 1.04 bits per heavy atom. The van der Waals surface area contributed by atoms with Gasteiger partial charge in [-0.2, -0.15) is 0 Å². The van der Waals surface area contributed by atoms with Gasteiger partial charge in [0.15, 0.2) is 5.82 Å². The second kappa shape index (κ2) is 7.56. The van der Waals surface area contributed by atoms with Crippen LogP contribution >= 0.6 is 0 Å². The first-order chi connectivity index (χ1) is 13.6. The Kier molecular flexibility index (Phi) is 4.96. The topological polar surface area (TPSA) is 63.2 Å². The molecule has 2 aromatic heterocycles. The molecule has 0 saturated carbocycles. The van der Waals surface area contributed by atoms with E-state index in [9.17, 15) is 0 Å². The number of nitrogens with zero attached hydrogens (tertiary/aromatic N) is 4. The van der Waals surface area contributed by atoms with Crippen LogP contribution < -0.4 is 10.1 Å². The highest BCUT2D eigenvalue weighted by Gasteiger charge is 2.12. The Hall–Kier alpha value is -2.99. The summed E-state index contributed by atoms with van der Waals surface area (Å²) in [4.78, 5) is 16.7. The van der Waals surface area contributed by atoms with Gasteiger partial charge >= 0.3 is 0 Å². The van der Waals surface area contributed by atoms with Crippen molar-refractivity contribution in [3.05, 3.63) is 42.1 Å². The van der Waals surface area contributed by atoms with E-state index in [4.69, 9.17) is 14.7 Å². The maximum atomic E-state index is 5.35. The van der Waals surface area contributed by atoms with Crippen molar-refractivity contribution < 1.29 is 4.74 Å². The molecule has 2 aromatic carbocycles. The van der Waals surface area contributed by atoms with Crippen LogP contribution in [0.5, 0.6) is 5.75 Å². The van der Waals surface area contributed by atoms with Gasteiger partial charge in [0.2, 0.25) is 0 Å². The molecule has 0 atom stereocenters. The first kappa shape index (κ1) is 18.4. The quantitative estimate of drug-likeness (QED) is 0.312. The van der Waals surface area contributed by atoms with E-state index in [-0.39, 0.29) is 0 Å². The number of ether oxygens (including phenoxy) is 1. The number of hydrogen-bond acceptors (Lipinski definition) is 6. The number of nitrogens with one attached hydrogen (secondary N) is 1. The van der Waals surface area contributed by atoms with Crippen molar-refractivity contribution in [1.82, 2.24) is 19.9 Å². The van der Waals surface area contributed by atoms with Gasteiger partial charge in [-0.15, -0.1) is 0 Å². The number of benzene rings is 2. The molecular weight excluding hydrogens is 350 g/mol. The van der Waals surface area contributed by atoms with Crippen LogP contribution in [0.1, 0.15) is 12.0 Å². The second-order valence-corrected chi connectivity index (χ2v) is 7.31. The molecule has 6 heteroatoms. The van der Waals surface area contributed by atoms with Gasteiger partial charge in [-0.25, -0.2) is 15.0 Å². The third-order valence-corrected chi connectivity index (χ3v) is 4.92. The van der Waals surface area contributed by atoms with Crippen LogP contribution in [0.25, 0.3) is 32.8 Å². The van der Waals surface area contributed by atoms with E-state index in [1.54, 1.807) is 7.11 Å². The second-order valence-electron chi connectivity index (χ2n) is 7.31. The third kappa shape index (κ3) is 3.43. The molecule has 0 amide bonds. The molecule has 2 heterocycles. The maximum absolute atomic E-state index is 5.35. The van der Waals surface area contributed by atoms with E-state index in [1.165, 1.54) is 0 Å². The molecule has 4 aromatic rings. The van der Waals surface area contributed by atoms with E-state index < -0.39 is 0 Å². The minimum Gasteiger partial charge on any atom is -0.497 e. The molecule has 0 bridgehead atoms. The molecule has 0 aliphatic rings. The average Bonchev–Trinajstić information content (AvgIpc) is 2.71. The Labute approximate surface area is 164 Å². The fourth-order valence-corrected chi connectivity index (χ4v) is 3.41. The van der Waals surface area contributed by atoms with Crippen LogP contribution in [-0.2, 0) is 0 Å². The molecule has 0 saturated heterocycles. The maximum Gasteiger partial charge on any atom is 0.154 e. The Morgan fingerprint density at radius 2 is 1.89 bits per heavy atom. The third-order valence-electron chi connectivity index (χ3n) is 4.92.